The molecule has 106 valence electrons. The van der Waals surface area contributed by atoms with Crippen LogP contribution in [0.5, 0.6) is 0 Å². The van der Waals surface area contributed by atoms with Crippen LogP contribution in [-0.2, 0) is 0 Å². The molecule has 0 amide bonds. The van der Waals surface area contributed by atoms with Gasteiger partial charge in [0.25, 0.3) is 0 Å². The summed E-state index contributed by atoms with van der Waals surface area (Å²) >= 11 is 12.1. The van der Waals surface area contributed by atoms with Crippen LogP contribution in [0.1, 0.15) is 0 Å². The van der Waals surface area contributed by atoms with Crippen LogP contribution in [0.4, 0.5) is 10.2 Å². The molecule has 0 radical (unpaired) electrons. The standard InChI is InChI=1S/C15H9Cl2FN2O/c16-9-3-6-11(12(17)7-9)14-13(15(19)20-21-14)8-1-4-10(18)5-2-8/h1-7H,(H2,19,20). The van der Waals surface area contributed by atoms with Crippen LogP contribution >= 0.6 is 23.2 Å². The van der Waals surface area contributed by atoms with Gasteiger partial charge in [0, 0.05) is 10.6 Å². The first-order valence-corrected chi connectivity index (χ1v) is 6.78. The molecular weight excluding hydrogens is 314 g/mol. The fraction of sp³-hybridized carbons (Fsp3) is 0. The van der Waals surface area contributed by atoms with Crippen molar-refractivity contribution in [3.63, 3.8) is 0 Å². The van der Waals surface area contributed by atoms with E-state index in [-0.39, 0.29) is 11.6 Å². The number of nitrogens with two attached hydrogens (primary N) is 1. The minimum atomic E-state index is -0.333. The molecule has 3 aromatic rings. The first kappa shape index (κ1) is 13.9. The van der Waals surface area contributed by atoms with E-state index < -0.39 is 0 Å². The van der Waals surface area contributed by atoms with Crippen molar-refractivity contribution in [3.05, 3.63) is 58.3 Å². The second kappa shape index (κ2) is 5.39. The number of hydrogen-bond donors (Lipinski definition) is 1. The third kappa shape index (κ3) is 2.60. The average Bonchev–Trinajstić information content (AvgIpc) is 2.82. The van der Waals surface area contributed by atoms with Crippen LogP contribution in [0.3, 0.4) is 0 Å². The summed E-state index contributed by atoms with van der Waals surface area (Å²) in [5.41, 5.74) is 7.74. The number of hydrogen-bond acceptors (Lipinski definition) is 3. The van der Waals surface area contributed by atoms with E-state index in [9.17, 15) is 4.39 Å². The molecule has 3 rings (SSSR count). The van der Waals surface area contributed by atoms with E-state index in [0.717, 1.165) is 0 Å². The van der Waals surface area contributed by atoms with E-state index in [4.69, 9.17) is 33.5 Å². The molecule has 0 saturated carbocycles. The summed E-state index contributed by atoms with van der Waals surface area (Å²) in [4.78, 5) is 0. The highest BCUT2D eigenvalue weighted by Gasteiger charge is 2.19. The maximum absolute atomic E-state index is 13.1. The Balaban J connectivity index is 2.19. The highest BCUT2D eigenvalue weighted by atomic mass is 35.5. The lowest BCUT2D eigenvalue weighted by atomic mass is 10.0. The fourth-order valence-electron chi connectivity index (χ4n) is 2.06. The Bertz CT molecular complexity index is 800. The van der Waals surface area contributed by atoms with E-state index in [1.807, 2.05) is 0 Å². The van der Waals surface area contributed by atoms with Crippen molar-refractivity contribution in [2.24, 2.45) is 0 Å². The van der Waals surface area contributed by atoms with Gasteiger partial charge in [0.1, 0.15) is 5.82 Å². The van der Waals surface area contributed by atoms with E-state index >= 15 is 0 Å². The summed E-state index contributed by atoms with van der Waals surface area (Å²) in [5, 5.41) is 4.70. The summed E-state index contributed by atoms with van der Waals surface area (Å²) in [6.07, 6.45) is 0. The topological polar surface area (TPSA) is 52.0 Å². The molecule has 2 aromatic carbocycles. The van der Waals surface area contributed by atoms with Gasteiger partial charge in [-0.2, -0.15) is 0 Å². The summed E-state index contributed by atoms with van der Waals surface area (Å²) in [6.45, 7) is 0. The molecule has 1 aromatic heterocycles. The summed E-state index contributed by atoms with van der Waals surface area (Å²) in [5.74, 6) is 0.295. The van der Waals surface area contributed by atoms with E-state index in [2.05, 4.69) is 5.16 Å². The predicted molar refractivity (Wildman–Crippen MR) is 81.8 cm³/mol. The first-order chi connectivity index (χ1) is 10.1. The third-order valence-corrected chi connectivity index (χ3v) is 3.57. The molecule has 0 fully saturated rings. The largest absolute Gasteiger partial charge is 0.380 e. The lowest BCUT2D eigenvalue weighted by Crippen LogP contribution is -1.89. The predicted octanol–water partition coefficient (Wildman–Crippen LogP) is 5.04. The number of nitrogens with zero attached hydrogens (tertiary/aromatic N) is 1. The average molecular weight is 323 g/mol. The van der Waals surface area contributed by atoms with Crippen LogP contribution in [0.15, 0.2) is 47.0 Å². The highest BCUT2D eigenvalue weighted by Crippen LogP contribution is 2.40. The number of rotatable bonds is 2. The molecule has 2 N–H and O–H groups in total. The van der Waals surface area contributed by atoms with Crippen LogP contribution in [0.2, 0.25) is 10.0 Å². The van der Waals surface area contributed by atoms with Gasteiger partial charge in [-0.05, 0) is 35.9 Å². The Labute approximate surface area is 130 Å². The Morgan fingerprint density at radius 2 is 1.76 bits per heavy atom. The van der Waals surface area contributed by atoms with E-state index in [0.29, 0.717) is 32.5 Å². The van der Waals surface area contributed by atoms with Crippen LogP contribution in [-0.4, -0.2) is 5.16 Å². The maximum Gasteiger partial charge on any atom is 0.178 e. The Kier molecular flexibility index (Phi) is 3.57. The zero-order valence-electron chi connectivity index (χ0n) is 10.6. The van der Waals surface area contributed by atoms with Crippen molar-refractivity contribution in [3.8, 4) is 22.5 Å². The monoisotopic (exact) mass is 322 g/mol. The molecule has 0 aliphatic carbocycles. The number of anilines is 1. The van der Waals surface area contributed by atoms with Crippen molar-refractivity contribution in [2.45, 2.75) is 0 Å². The molecule has 0 atom stereocenters. The second-order valence-corrected chi connectivity index (χ2v) is 5.25. The van der Waals surface area contributed by atoms with Crippen molar-refractivity contribution < 1.29 is 8.91 Å². The number of halogens is 3. The van der Waals surface area contributed by atoms with Crippen LogP contribution in [0.25, 0.3) is 22.5 Å². The smallest absolute Gasteiger partial charge is 0.178 e. The first-order valence-electron chi connectivity index (χ1n) is 6.03. The van der Waals surface area contributed by atoms with Gasteiger partial charge in [-0.15, -0.1) is 0 Å². The van der Waals surface area contributed by atoms with Crippen LogP contribution in [0, 0.1) is 5.82 Å². The van der Waals surface area contributed by atoms with Crippen molar-refractivity contribution in [1.82, 2.24) is 5.16 Å². The van der Waals surface area contributed by atoms with Crippen LogP contribution < -0.4 is 5.73 Å². The molecule has 3 nitrogen and oxygen atoms in total. The zero-order chi connectivity index (χ0) is 15.0. The molecule has 0 spiro atoms. The molecule has 1 heterocycles. The Morgan fingerprint density at radius 3 is 2.43 bits per heavy atom. The van der Waals surface area contributed by atoms with Gasteiger partial charge < -0.3 is 10.3 Å². The Hall–Kier alpha value is -2.04. The Morgan fingerprint density at radius 1 is 1.05 bits per heavy atom. The van der Waals surface area contributed by atoms with Crippen molar-refractivity contribution in [1.29, 1.82) is 0 Å². The molecule has 0 unspecified atom stereocenters. The van der Waals surface area contributed by atoms with Crippen molar-refractivity contribution >= 4 is 29.0 Å². The van der Waals surface area contributed by atoms with Gasteiger partial charge in [-0.1, -0.05) is 40.5 Å². The number of nitrogen functional groups attached to an aromatic ring is 1. The zero-order valence-corrected chi connectivity index (χ0v) is 12.1. The molecular formula is C15H9Cl2FN2O. The summed E-state index contributed by atoms with van der Waals surface area (Å²) < 4.78 is 18.3. The minimum absolute atomic E-state index is 0.211. The minimum Gasteiger partial charge on any atom is -0.380 e. The fourth-order valence-corrected chi connectivity index (χ4v) is 2.55. The van der Waals surface area contributed by atoms with E-state index in [1.165, 1.54) is 12.1 Å². The van der Waals surface area contributed by atoms with Gasteiger partial charge in [0.05, 0.1) is 10.6 Å². The maximum atomic E-state index is 13.1. The molecule has 0 bridgehead atoms. The third-order valence-electron chi connectivity index (χ3n) is 3.03. The summed E-state index contributed by atoms with van der Waals surface area (Å²) in [6, 6.07) is 10.9. The normalized spacial score (nSPS) is 10.8. The number of benzene rings is 2. The number of aromatic nitrogens is 1. The lowest BCUT2D eigenvalue weighted by molar-refractivity contribution is 0.436. The highest BCUT2D eigenvalue weighted by molar-refractivity contribution is 6.36. The van der Waals surface area contributed by atoms with E-state index in [1.54, 1.807) is 30.3 Å². The quantitative estimate of drug-likeness (QED) is 0.719. The van der Waals surface area contributed by atoms with Gasteiger partial charge in [-0.25, -0.2) is 4.39 Å². The SMILES string of the molecule is Nc1noc(-c2ccc(Cl)cc2Cl)c1-c1ccc(F)cc1. The lowest BCUT2D eigenvalue weighted by Gasteiger charge is -2.05. The molecule has 21 heavy (non-hydrogen) atoms. The molecule has 6 heteroatoms. The molecule has 0 saturated heterocycles. The van der Waals surface area contributed by atoms with Gasteiger partial charge in [0.15, 0.2) is 11.6 Å². The molecule has 0 aliphatic rings. The van der Waals surface area contributed by atoms with Crippen molar-refractivity contribution in [2.75, 3.05) is 5.73 Å². The molecule has 0 aliphatic heterocycles. The second-order valence-electron chi connectivity index (χ2n) is 4.40. The van der Waals surface area contributed by atoms with Gasteiger partial charge in [-0.3, -0.25) is 0 Å². The van der Waals surface area contributed by atoms with Gasteiger partial charge >= 0.3 is 0 Å². The van der Waals surface area contributed by atoms with Gasteiger partial charge in [0.2, 0.25) is 0 Å². The summed E-state index contributed by atoms with van der Waals surface area (Å²) in [7, 11) is 0.